The smallest absolute Gasteiger partial charge is 0.322 e. The summed E-state index contributed by atoms with van der Waals surface area (Å²) in [5.41, 5.74) is 0.955. The third-order valence-corrected chi connectivity index (χ3v) is 7.17. The zero-order valence-electron chi connectivity index (χ0n) is 19.7. The molecule has 9 nitrogen and oxygen atoms in total. The van der Waals surface area contributed by atoms with Crippen LogP contribution in [0.1, 0.15) is 49.9 Å². The summed E-state index contributed by atoms with van der Waals surface area (Å²) in [6.07, 6.45) is 3.42. The molecule has 3 rings (SSSR count). The van der Waals surface area contributed by atoms with Crippen LogP contribution in [0, 0.1) is 0 Å². The number of anilines is 1. The monoisotopic (exact) mass is 486 g/mol. The van der Waals surface area contributed by atoms with Crippen molar-refractivity contribution in [1.82, 2.24) is 14.5 Å². The van der Waals surface area contributed by atoms with Crippen molar-refractivity contribution in [3.63, 3.8) is 0 Å². The van der Waals surface area contributed by atoms with E-state index in [-0.39, 0.29) is 22.4 Å². The lowest BCUT2D eigenvalue weighted by atomic mass is 10.2. The van der Waals surface area contributed by atoms with Crippen LogP contribution in [0.4, 0.5) is 6.01 Å². The summed E-state index contributed by atoms with van der Waals surface area (Å²) >= 11 is 0. The zero-order valence-corrected chi connectivity index (χ0v) is 20.5. The molecule has 0 bridgehead atoms. The number of benzene rings is 2. The number of aromatic nitrogens is 2. The molecule has 1 aromatic heterocycles. The Bertz CT molecular complexity index is 1170. The minimum Gasteiger partial charge on any atom is -0.497 e. The highest BCUT2D eigenvalue weighted by Crippen LogP contribution is 2.23. The van der Waals surface area contributed by atoms with E-state index in [0.29, 0.717) is 24.4 Å². The van der Waals surface area contributed by atoms with E-state index in [9.17, 15) is 13.2 Å². The maximum Gasteiger partial charge on any atom is 0.322 e. The Morgan fingerprint density at radius 1 is 0.971 bits per heavy atom. The van der Waals surface area contributed by atoms with E-state index in [0.717, 1.165) is 25.7 Å². The van der Waals surface area contributed by atoms with Gasteiger partial charge < -0.3 is 9.15 Å². The number of ether oxygens (including phenoxy) is 1. The van der Waals surface area contributed by atoms with Gasteiger partial charge in [0, 0.05) is 24.2 Å². The number of nitrogens with zero attached hydrogens (tertiary/aromatic N) is 3. The molecule has 10 heteroatoms. The van der Waals surface area contributed by atoms with Crippen molar-refractivity contribution in [2.75, 3.05) is 25.5 Å². The minimum absolute atomic E-state index is 0.0576. The molecule has 3 aromatic rings. The molecule has 1 N–H and O–H groups in total. The number of hydrogen-bond acceptors (Lipinski definition) is 7. The number of amides is 1. The highest BCUT2D eigenvalue weighted by molar-refractivity contribution is 7.89. The average molecular weight is 487 g/mol. The van der Waals surface area contributed by atoms with Crippen molar-refractivity contribution < 1.29 is 22.4 Å². The molecule has 0 aliphatic heterocycles. The molecule has 0 saturated carbocycles. The van der Waals surface area contributed by atoms with Gasteiger partial charge in [-0.2, -0.15) is 4.31 Å². The first-order valence-corrected chi connectivity index (χ1v) is 12.7. The van der Waals surface area contributed by atoms with Crippen LogP contribution in [0.5, 0.6) is 5.75 Å². The molecule has 34 heavy (non-hydrogen) atoms. The van der Waals surface area contributed by atoms with Gasteiger partial charge in [-0.3, -0.25) is 10.1 Å². The van der Waals surface area contributed by atoms with Gasteiger partial charge in [-0.25, -0.2) is 8.42 Å². The van der Waals surface area contributed by atoms with Gasteiger partial charge in [0.05, 0.1) is 12.0 Å². The number of hydrogen-bond donors (Lipinski definition) is 1. The maximum atomic E-state index is 13.1. The Labute approximate surface area is 200 Å². The second-order valence-electron chi connectivity index (χ2n) is 7.73. The molecule has 0 spiro atoms. The SMILES string of the molecule is CCCCN(CCCC)S(=O)(=O)c1ccc(C(=O)Nc2nnc(-c3ccc(OC)cc3)o2)cc1. The number of rotatable bonds is 12. The van der Waals surface area contributed by atoms with E-state index in [1.807, 2.05) is 13.8 Å². The Kier molecular flexibility index (Phi) is 8.78. The summed E-state index contributed by atoms with van der Waals surface area (Å²) < 4.78 is 38.3. The molecule has 2 aromatic carbocycles. The molecule has 0 unspecified atom stereocenters. The van der Waals surface area contributed by atoms with E-state index in [1.54, 1.807) is 31.4 Å². The van der Waals surface area contributed by atoms with Gasteiger partial charge in [-0.1, -0.05) is 31.8 Å². The predicted molar refractivity (Wildman–Crippen MR) is 129 cm³/mol. The topological polar surface area (TPSA) is 115 Å². The van der Waals surface area contributed by atoms with Gasteiger partial charge in [-0.05, 0) is 61.4 Å². The fourth-order valence-corrected chi connectivity index (χ4v) is 4.76. The van der Waals surface area contributed by atoms with Crippen molar-refractivity contribution in [3.05, 3.63) is 54.1 Å². The van der Waals surface area contributed by atoms with E-state index >= 15 is 0 Å². The minimum atomic E-state index is -3.63. The molecule has 1 heterocycles. The summed E-state index contributed by atoms with van der Waals surface area (Å²) in [5.74, 6) is 0.461. The lowest BCUT2D eigenvalue weighted by Crippen LogP contribution is -2.33. The fourth-order valence-electron chi connectivity index (χ4n) is 3.24. The molecule has 0 aliphatic carbocycles. The molecule has 0 atom stereocenters. The van der Waals surface area contributed by atoms with Crippen LogP contribution in [-0.4, -0.2) is 49.0 Å². The second-order valence-corrected chi connectivity index (χ2v) is 9.67. The Morgan fingerprint density at radius 3 is 2.15 bits per heavy atom. The molecule has 0 fully saturated rings. The number of carbonyl (C=O) groups excluding carboxylic acids is 1. The first kappa shape index (κ1) is 25.4. The second kappa shape index (κ2) is 11.8. The number of nitrogens with one attached hydrogen (secondary N) is 1. The van der Waals surface area contributed by atoms with E-state index < -0.39 is 15.9 Å². The summed E-state index contributed by atoms with van der Waals surface area (Å²) in [7, 11) is -2.05. The van der Waals surface area contributed by atoms with Gasteiger partial charge >= 0.3 is 6.01 Å². The third kappa shape index (κ3) is 6.21. The molecular formula is C24H30N4O5S. The van der Waals surface area contributed by atoms with Crippen molar-refractivity contribution in [2.45, 2.75) is 44.4 Å². The molecule has 1 amide bonds. The Morgan fingerprint density at radius 2 is 1.59 bits per heavy atom. The summed E-state index contributed by atoms with van der Waals surface area (Å²) in [5, 5.41) is 10.3. The molecular weight excluding hydrogens is 456 g/mol. The standard InChI is InChI=1S/C24H30N4O5S/c1-4-6-16-28(17-7-5-2)34(30,31)21-14-10-18(11-15-21)22(29)25-24-27-26-23(33-24)19-8-12-20(32-3)13-9-19/h8-15H,4-7,16-17H2,1-3H3,(H,25,27,29). The van der Waals surface area contributed by atoms with Crippen LogP contribution >= 0.6 is 0 Å². The number of unbranched alkanes of at least 4 members (excludes halogenated alkanes) is 2. The van der Waals surface area contributed by atoms with Gasteiger partial charge in [0.1, 0.15) is 5.75 Å². The highest BCUT2D eigenvalue weighted by Gasteiger charge is 2.24. The van der Waals surface area contributed by atoms with E-state index in [4.69, 9.17) is 9.15 Å². The molecule has 182 valence electrons. The van der Waals surface area contributed by atoms with E-state index in [1.165, 1.54) is 28.6 Å². The fraction of sp³-hybridized carbons (Fsp3) is 0.375. The molecule has 0 saturated heterocycles. The highest BCUT2D eigenvalue weighted by atomic mass is 32.2. The van der Waals surface area contributed by atoms with Crippen LogP contribution in [0.3, 0.4) is 0 Å². The number of sulfonamides is 1. The first-order valence-electron chi connectivity index (χ1n) is 11.3. The quantitative estimate of drug-likeness (QED) is 0.398. The van der Waals surface area contributed by atoms with Crippen LogP contribution < -0.4 is 10.1 Å². The third-order valence-electron chi connectivity index (χ3n) is 5.26. The van der Waals surface area contributed by atoms with Crippen molar-refractivity contribution >= 4 is 21.9 Å². The largest absolute Gasteiger partial charge is 0.497 e. The summed E-state index contributed by atoms with van der Waals surface area (Å²) in [6.45, 7) is 5.02. The van der Waals surface area contributed by atoms with Gasteiger partial charge in [0.15, 0.2) is 0 Å². The Balaban J connectivity index is 1.69. The van der Waals surface area contributed by atoms with Crippen molar-refractivity contribution in [1.29, 1.82) is 0 Å². The lowest BCUT2D eigenvalue weighted by Gasteiger charge is -2.22. The number of carbonyl (C=O) groups is 1. The van der Waals surface area contributed by atoms with E-state index in [2.05, 4.69) is 15.5 Å². The van der Waals surface area contributed by atoms with Crippen molar-refractivity contribution in [3.8, 4) is 17.2 Å². The van der Waals surface area contributed by atoms with Crippen LogP contribution in [-0.2, 0) is 10.0 Å². The number of methoxy groups -OCH3 is 1. The van der Waals surface area contributed by atoms with Crippen LogP contribution in [0.2, 0.25) is 0 Å². The van der Waals surface area contributed by atoms with Gasteiger partial charge in [0.2, 0.25) is 15.9 Å². The Hall–Kier alpha value is -3.24. The summed E-state index contributed by atoms with van der Waals surface area (Å²) in [4.78, 5) is 12.8. The normalized spacial score (nSPS) is 11.5. The van der Waals surface area contributed by atoms with Crippen LogP contribution in [0.15, 0.2) is 57.8 Å². The maximum absolute atomic E-state index is 13.1. The van der Waals surface area contributed by atoms with Gasteiger partial charge in [0.25, 0.3) is 5.91 Å². The van der Waals surface area contributed by atoms with Crippen LogP contribution in [0.25, 0.3) is 11.5 Å². The predicted octanol–water partition coefficient (Wildman–Crippen LogP) is 4.59. The zero-order chi connectivity index (χ0) is 24.6. The lowest BCUT2D eigenvalue weighted by molar-refractivity contribution is 0.102. The van der Waals surface area contributed by atoms with Crippen molar-refractivity contribution in [2.24, 2.45) is 0 Å². The summed E-state index contributed by atoms with van der Waals surface area (Å²) in [6, 6.07) is 12.8. The molecule has 0 radical (unpaired) electrons. The molecule has 0 aliphatic rings. The van der Waals surface area contributed by atoms with Gasteiger partial charge in [-0.15, -0.1) is 5.10 Å². The first-order chi connectivity index (χ1) is 16.4. The average Bonchev–Trinajstić information content (AvgIpc) is 3.32.